The summed E-state index contributed by atoms with van der Waals surface area (Å²) in [7, 11) is 0. The van der Waals surface area contributed by atoms with Crippen molar-refractivity contribution in [1.29, 1.82) is 0 Å². The number of anilines is 2. The second kappa shape index (κ2) is 5.31. The van der Waals surface area contributed by atoms with E-state index in [-0.39, 0.29) is 11.9 Å². The highest BCUT2D eigenvalue weighted by atomic mass is 19.1. The van der Waals surface area contributed by atoms with Crippen LogP contribution in [0.3, 0.4) is 0 Å². The van der Waals surface area contributed by atoms with Crippen molar-refractivity contribution in [3.8, 4) is 0 Å². The molecule has 100 valence electrons. The minimum Gasteiger partial charge on any atom is -0.398 e. The summed E-state index contributed by atoms with van der Waals surface area (Å²) >= 11 is 0. The highest BCUT2D eigenvalue weighted by Crippen LogP contribution is 2.26. The fourth-order valence-electron chi connectivity index (χ4n) is 2.00. The molecule has 3 N–H and O–H groups in total. The van der Waals surface area contributed by atoms with Crippen molar-refractivity contribution in [3.63, 3.8) is 0 Å². The molecule has 2 aromatic rings. The number of hydrogen-bond donors (Lipinski definition) is 2. The Balaban J connectivity index is 2.23. The first-order chi connectivity index (χ1) is 8.99. The summed E-state index contributed by atoms with van der Waals surface area (Å²) in [6.45, 7) is 5.74. The molecule has 0 spiro atoms. The molecule has 0 saturated carbocycles. The van der Waals surface area contributed by atoms with E-state index in [1.54, 1.807) is 19.1 Å². The minimum atomic E-state index is -0.171. The fourth-order valence-corrected chi connectivity index (χ4v) is 2.00. The van der Waals surface area contributed by atoms with Gasteiger partial charge in [0.1, 0.15) is 5.82 Å². The zero-order chi connectivity index (χ0) is 14.0. The Labute approximate surface area is 113 Å². The van der Waals surface area contributed by atoms with E-state index in [1.165, 1.54) is 0 Å². The van der Waals surface area contributed by atoms with Crippen LogP contribution in [-0.2, 0) is 0 Å². The fraction of sp³-hybridized carbons (Fsp3) is 0.250. The van der Waals surface area contributed by atoms with Crippen LogP contribution in [0.4, 0.5) is 15.8 Å². The summed E-state index contributed by atoms with van der Waals surface area (Å²) in [5.41, 5.74) is 10.2. The Morgan fingerprint density at radius 1 is 1.16 bits per heavy atom. The van der Waals surface area contributed by atoms with Gasteiger partial charge in [-0.1, -0.05) is 18.2 Å². The summed E-state index contributed by atoms with van der Waals surface area (Å²) in [5, 5.41) is 3.37. The van der Waals surface area contributed by atoms with Crippen molar-refractivity contribution in [2.24, 2.45) is 0 Å². The molecule has 0 aliphatic heterocycles. The van der Waals surface area contributed by atoms with E-state index in [9.17, 15) is 4.39 Å². The van der Waals surface area contributed by atoms with Crippen LogP contribution >= 0.6 is 0 Å². The average molecular weight is 258 g/mol. The van der Waals surface area contributed by atoms with Gasteiger partial charge in [0.2, 0.25) is 0 Å². The zero-order valence-electron chi connectivity index (χ0n) is 11.5. The number of aryl methyl sites for hydroxylation is 1. The highest BCUT2D eigenvalue weighted by molar-refractivity contribution is 5.63. The Kier molecular flexibility index (Phi) is 3.74. The first-order valence-corrected chi connectivity index (χ1v) is 6.36. The largest absolute Gasteiger partial charge is 0.398 e. The van der Waals surface area contributed by atoms with Crippen molar-refractivity contribution >= 4 is 11.4 Å². The van der Waals surface area contributed by atoms with Crippen LogP contribution in [0.15, 0.2) is 36.4 Å². The number of nitrogen functional groups attached to an aromatic ring is 1. The molecule has 0 saturated heterocycles. The van der Waals surface area contributed by atoms with Gasteiger partial charge < -0.3 is 11.1 Å². The van der Waals surface area contributed by atoms with Crippen molar-refractivity contribution in [2.75, 3.05) is 11.1 Å². The Bertz CT molecular complexity index is 593. The molecule has 19 heavy (non-hydrogen) atoms. The van der Waals surface area contributed by atoms with Gasteiger partial charge >= 0.3 is 0 Å². The lowest BCUT2D eigenvalue weighted by Crippen LogP contribution is -2.09. The van der Waals surface area contributed by atoms with Gasteiger partial charge in [-0.05, 0) is 55.7 Å². The summed E-state index contributed by atoms with van der Waals surface area (Å²) in [6.07, 6.45) is 0. The molecule has 0 fully saturated rings. The van der Waals surface area contributed by atoms with Crippen LogP contribution in [0.1, 0.15) is 29.7 Å². The predicted molar refractivity (Wildman–Crippen MR) is 78.8 cm³/mol. The third-order valence-electron chi connectivity index (χ3n) is 3.44. The van der Waals surface area contributed by atoms with Crippen LogP contribution in [0.2, 0.25) is 0 Å². The van der Waals surface area contributed by atoms with Gasteiger partial charge in [-0.3, -0.25) is 0 Å². The second-order valence-corrected chi connectivity index (χ2v) is 4.89. The molecule has 0 amide bonds. The Hall–Kier alpha value is -2.03. The third-order valence-corrected chi connectivity index (χ3v) is 3.44. The molecule has 0 heterocycles. The summed E-state index contributed by atoms with van der Waals surface area (Å²) in [6, 6.07) is 11.1. The summed E-state index contributed by atoms with van der Waals surface area (Å²) < 4.78 is 13.6. The van der Waals surface area contributed by atoms with Gasteiger partial charge in [-0.25, -0.2) is 4.39 Å². The zero-order valence-corrected chi connectivity index (χ0v) is 11.5. The molecule has 1 atom stereocenters. The highest BCUT2D eigenvalue weighted by Gasteiger charge is 2.09. The number of hydrogen-bond acceptors (Lipinski definition) is 2. The Morgan fingerprint density at radius 3 is 2.58 bits per heavy atom. The maximum Gasteiger partial charge on any atom is 0.126 e. The van der Waals surface area contributed by atoms with Gasteiger partial charge in [-0.15, -0.1) is 0 Å². The van der Waals surface area contributed by atoms with Gasteiger partial charge in [0, 0.05) is 17.4 Å². The molecule has 2 nitrogen and oxygen atoms in total. The normalized spacial score (nSPS) is 12.2. The lowest BCUT2D eigenvalue weighted by molar-refractivity contribution is 0.614. The molecular formula is C16H19FN2. The molecule has 3 heteroatoms. The molecule has 0 aliphatic carbocycles. The first-order valence-electron chi connectivity index (χ1n) is 6.36. The van der Waals surface area contributed by atoms with Crippen LogP contribution in [-0.4, -0.2) is 0 Å². The quantitative estimate of drug-likeness (QED) is 0.810. The van der Waals surface area contributed by atoms with Gasteiger partial charge in [0.15, 0.2) is 0 Å². The Morgan fingerprint density at radius 2 is 1.89 bits per heavy atom. The number of nitrogens with two attached hydrogens (primary N) is 1. The minimum absolute atomic E-state index is 0.0237. The molecular weight excluding hydrogens is 239 g/mol. The lowest BCUT2D eigenvalue weighted by atomic mass is 10.0. The number of halogens is 1. The van der Waals surface area contributed by atoms with Gasteiger partial charge in [0.25, 0.3) is 0 Å². The standard InChI is InChI=1S/C16H19FN2/c1-10-7-8-13(9-14(10)17)12(3)19-16-6-4-5-15(18)11(16)2/h4-9,12,19H,18H2,1-3H3. The topological polar surface area (TPSA) is 38.0 Å². The summed E-state index contributed by atoms with van der Waals surface area (Å²) in [4.78, 5) is 0. The smallest absolute Gasteiger partial charge is 0.126 e. The molecule has 1 unspecified atom stereocenters. The van der Waals surface area contributed by atoms with Crippen molar-refractivity contribution in [3.05, 3.63) is 58.9 Å². The van der Waals surface area contributed by atoms with Crippen LogP contribution in [0.5, 0.6) is 0 Å². The maximum atomic E-state index is 13.6. The molecule has 2 rings (SSSR count). The van der Waals surface area contributed by atoms with Gasteiger partial charge in [0.05, 0.1) is 0 Å². The molecule has 2 aromatic carbocycles. The number of nitrogens with one attached hydrogen (secondary N) is 1. The van der Waals surface area contributed by atoms with Gasteiger partial charge in [-0.2, -0.15) is 0 Å². The van der Waals surface area contributed by atoms with Crippen molar-refractivity contribution in [2.45, 2.75) is 26.8 Å². The molecule has 0 bridgehead atoms. The molecule has 0 radical (unpaired) electrons. The third kappa shape index (κ3) is 2.87. The molecule has 0 aliphatic rings. The van der Waals surface area contributed by atoms with E-state index in [0.717, 1.165) is 22.5 Å². The van der Waals surface area contributed by atoms with Crippen LogP contribution in [0.25, 0.3) is 0 Å². The van der Waals surface area contributed by atoms with E-state index in [0.29, 0.717) is 5.56 Å². The van der Waals surface area contributed by atoms with E-state index >= 15 is 0 Å². The van der Waals surface area contributed by atoms with Crippen molar-refractivity contribution in [1.82, 2.24) is 0 Å². The van der Waals surface area contributed by atoms with E-state index in [4.69, 9.17) is 5.73 Å². The summed E-state index contributed by atoms with van der Waals surface area (Å²) in [5.74, 6) is -0.171. The monoisotopic (exact) mass is 258 g/mol. The van der Waals surface area contributed by atoms with Crippen LogP contribution in [0, 0.1) is 19.7 Å². The number of benzene rings is 2. The molecule has 0 aromatic heterocycles. The first kappa shape index (κ1) is 13.4. The van der Waals surface area contributed by atoms with E-state index in [2.05, 4.69) is 5.32 Å². The second-order valence-electron chi connectivity index (χ2n) is 4.89. The van der Waals surface area contributed by atoms with E-state index < -0.39 is 0 Å². The average Bonchev–Trinajstić information content (AvgIpc) is 2.38. The number of rotatable bonds is 3. The van der Waals surface area contributed by atoms with Crippen molar-refractivity contribution < 1.29 is 4.39 Å². The van der Waals surface area contributed by atoms with Crippen LogP contribution < -0.4 is 11.1 Å². The predicted octanol–water partition coefficient (Wildman–Crippen LogP) is 4.20. The SMILES string of the molecule is Cc1ccc(C(C)Nc2cccc(N)c2C)cc1F. The maximum absolute atomic E-state index is 13.6. The lowest BCUT2D eigenvalue weighted by Gasteiger charge is -2.18. The van der Waals surface area contributed by atoms with E-state index in [1.807, 2.05) is 38.1 Å².